The van der Waals surface area contributed by atoms with Crippen LogP contribution in [0, 0.1) is 6.92 Å². The van der Waals surface area contributed by atoms with Gasteiger partial charge in [0.15, 0.2) is 0 Å². The molecule has 0 aliphatic heterocycles. The minimum atomic E-state index is -0.375. The van der Waals surface area contributed by atoms with Crippen molar-refractivity contribution in [1.29, 1.82) is 0 Å². The Balaban J connectivity index is 1.47. The number of fused-ring (bicyclic) bond motifs is 1. The molecule has 1 heterocycles. The molecule has 1 unspecified atom stereocenters. The van der Waals surface area contributed by atoms with Crippen LogP contribution in [0.15, 0.2) is 118 Å². The largest absolute Gasteiger partial charge is 0.325 e. The van der Waals surface area contributed by atoms with Crippen LogP contribution in [0.2, 0.25) is 0 Å². The first kappa shape index (κ1) is 27.9. The van der Waals surface area contributed by atoms with E-state index in [1.807, 2.05) is 98.8 Å². The molecule has 4 aromatic carbocycles. The van der Waals surface area contributed by atoms with E-state index in [-0.39, 0.29) is 29.3 Å². The second-order valence-electron chi connectivity index (χ2n) is 9.63. The maximum absolute atomic E-state index is 13.5. The van der Waals surface area contributed by atoms with Crippen LogP contribution in [-0.4, -0.2) is 21.8 Å². The summed E-state index contributed by atoms with van der Waals surface area (Å²) in [6, 6.07) is 33.1. The van der Waals surface area contributed by atoms with Crippen molar-refractivity contribution in [3.63, 3.8) is 0 Å². The zero-order valence-corrected chi connectivity index (χ0v) is 23.7. The standard InChI is InChI=1S/C33H31N5O2S/c1-3-27(23-10-5-4-6-11-23)31(40)37-33(35-29-15-9-13-24-12-7-8-14-28(24)29)38-32-34-25(20-30(39)36-32)21-41-26-18-16-22(2)17-19-26/h4-20,27H,3,21H2,1-2H3,(H3,34,35,36,37,38,39,40). The Morgan fingerprint density at radius 3 is 2.46 bits per heavy atom. The molecule has 5 rings (SSSR count). The molecule has 206 valence electrons. The van der Waals surface area contributed by atoms with Crippen molar-refractivity contribution >= 4 is 46.0 Å². The topological polar surface area (TPSA) is 99.2 Å². The Labute approximate surface area is 243 Å². The minimum Gasteiger partial charge on any atom is -0.325 e. The van der Waals surface area contributed by atoms with Crippen molar-refractivity contribution in [2.45, 2.75) is 36.8 Å². The van der Waals surface area contributed by atoms with Gasteiger partial charge in [-0.05, 0) is 42.5 Å². The van der Waals surface area contributed by atoms with Crippen molar-refractivity contribution in [3.8, 4) is 0 Å². The highest BCUT2D eigenvalue weighted by Crippen LogP contribution is 2.25. The number of nitrogens with zero attached hydrogens (tertiary/aromatic N) is 2. The number of H-pyrrole nitrogens is 1. The molecule has 1 amide bonds. The number of aromatic amines is 1. The Kier molecular flexibility index (Phi) is 8.91. The molecule has 41 heavy (non-hydrogen) atoms. The van der Waals surface area contributed by atoms with Gasteiger partial charge in [0.05, 0.1) is 11.6 Å². The summed E-state index contributed by atoms with van der Waals surface area (Å²) in [5.41, 5.74) is 3.14. The fourth-order valence-corrected chi connectivity index (χ4v) is 5.32. The first-order valence-electron chi connectivity index (χ1n) is 13.5. The van der Waals surface area contributed by atoms with Crippen LogP contribution in [0.3, 0.4) is 0 Å². The van der Waals surface area contributed by atoms with Crippen LogP contribution < -0.4 is 16.2 Å². The zero-order valence-electron chi connectivity index (χ0n) is 22.9. The number of thioether (sulfide) groups is 1. The number of benzene rings is 4. The summed E-state index contributed by atoms with van der Waals surface area (Å²) in [5.74, 6) is 0.193. The van der Waals surface area contributed by atoms with E-state index >= 15 is 0 Å². The van der Waals surface area contributed by atoms with E-state index in [2.05, 4.69) is 37.7 Å². The normalized spacial score (nSPS) is 12.2. The number of guanidine groups is 1. The van der Waals surface area contributed by atoms with Crippen molar-refractivity contribution in [2.24, 2.45) is 4.99 Å². The minimum absolute atomic E-state index is 0.104. The molecule has 3 N–H and O–H groups in total. The third-order valence-electron chi connectivity index (χ3n) is 6.62. The third kappa shape index (κ3) is 7.29. The van der Waals surface area contributed by atoms with Gasteiger partial charge < -0.3 is 5.32 Å². The van der Waals surface area contributed by atoms with E-state index in [1.54, 1.807) is 11.8 Å². The molecule has 0 saturated carbocycles. The summed E-state index contributed by atoms with van der Waals surface area (Å²) < 4.78 is 0. The molecule has 0 bridgehead atoms. The molecule has 5 aromatic rings. The Hall–Kier alpha value is -4.69. The molecule has 1 aromatic heterocycles. The van der Waals surface area contributed by atoms with Gasteiger partial charge in [-0.2, -0.15) is 4.99 Å². The summed E-state index contributed by atoms with van der Waals surface area (Å²) in [4.78, 5) is 39.0. The van der Waals surface area contributed by atoms with Crippen molar-refractivity contribution in [3.05, 3.63) is 130 Å². The van der Waals surface area contributed by atoms with Gasteiger partial charge in [0.1, 0.15) is 0 Å². The lowest BCUT2D eigenvalue weighted by molar-refractivity contribution is -0.121. The number of carbonyl (C=O) groups is 1. The van der Waals surface area contributed by atoms with Crippen LogP contribution in [0.5, 0.6) is 0 Å². The lowest BCUT2D eigenvalue weighted by Crippen LogP contribution is -2.39. The predicted molar refractivity (Wildman–Crippen MR) is 168 cm³/mol. The summed E-state index contributed by atoms with van der Waals surface area (Å²) in [6.45, 7) is 4.02. The third-order valence-corrected chi connectivity index (χ3v) is 7.66. The number of anilines is 1. The number of aliphatic imine (C=N–C) groups is 1. The smallest absolute Gasteiger partial charge is 0.252 e. The molecule has 0 aliphatic rings. The first-order chi connectivity index (χ1) is 20.0. The molecule has 0 radical (unpaired) electrons. The number of hydrogen-bond acceptors (Lipinski definition) is 5. The van der Waals surface area contributed by atoms with Gasteiger partial charge >= 0.3 is 0 Å². The monoisotopic (exact) mass is 561 g/mol. The zero-order chi connectivity index (χ0) is 28.6. The van der Waals surface area contributed by atoms with Crippen LogP contribution in [0.4, 0.5) is 11.6 Å². The molecule has 0 spiro atoms. The fourth-order valence-electron chi connectivity index (χ4n) is 4.53. The van der Waals surface area contributed by atoms with E-state index in [9.17, 15) is 9.59 Å². The highest BCUT2D eigenvalue weighted by molar-refractivity contribution is 7.98. The molecular formula is C33H31N5O2S. The second kappa shape index (κ2) is 13.1. The predicted octanol–water partition coefficient (Wildman–Crippen LogP) is 6.93. The van der Waals surface area contributed by atoms with E-state index in [0.717, 1.165) is 26.9 Å². The van der Waals surface area contributed by atoms with E-state index in [4.69, 9.17) is 0 Å². The second-order valence-corrected chi connectivity index (χ2v) is 10.7. The fraction of sp³-hybridized carbons (Fsp3) is 0.152. The van der Waals surface area contributed by atoms with Crippen LogP contribution in [-0.2, 0) is 10.5 Å². The summed E-state index contributed by atoms with van der Waals surface area (Å²) >= 11 is 1.59. The Morgan fingerprint density at radius 2 is 1.68 bits per heavy atom. The Morgan fingerprint density at radius 1 is 0.951 bits per heavy atom. The van der Waals surface area contributed by atoms with E-state index in [1.165, 1.54) is 11.6 Å². The van der Waals surface area contributed by atoms with Crippen LogP contribution in [0.1, 0.15) is 36.1 Å². The van der Waals surface area contributed by atoms with Crippen LogP contribution in [0.25, 0.3) is 10.8 Å². The summed E-state index contributed by atoms with van der Waals surface area (Å²) in [5, 5.41) is 8.26. The van der Waals surface area contributed by atoms with Crippen molar-refractivity contribution in [1.82, 2.24) is 15.3 Å². The van der Waals surface area contributed by atoms with Gasteiger partial charge in [0, 0.05) is 27.8 Å². The number of aryl methyl sites for hydroxylation is 1. The van der Waals surface area contributed by atoms with E-state index < -0.39 is 0 Å². The average Bonchev–Trinajstić information content (AvgIpc) is 2.98. The molecule has 7 nitrogen and oxygen atoms in total. The summed E-state index contributed by atoms with van der Waals surface area (Å²) in [6.07, 6.45) is 0.609. The van der Waals surface area contributed by atoms with Gasteiger partial charge in [-0.15, -0.1) is 11.8 Å². The lowest BCUT2D eigenvalue weighted by Gasteiger charge is -2.18. The van der Waals surface area contributed by atoms with Crippen LogP contribution >= 0.6 is 11.8 Å². The number of amides is 1. The van der Waals surface area contributed by atoms with Gasteiger partial charge in [0.2, 0.25) is 17.8 Å². The van der Waals surface area contributed by atoms with Crippen molar-refractivity contribution in [2.75, 3.05) is 5.32 Å². The molecule has 1 atom stereocenters. The number of carbonyl (C=O) groups excluding carboxylic acids is 1. The Bertz CT molecular complexity index is 1730. The quantitative estimate of drug-likeness (QED) is 0.108. The average molecular weight is 562 g/mol. The molecule has 0 saturated heterocycles. The first-order valence-corrected chi connectivity index (χ1v) is 14.5. The highest BCUT2D eigenvalue weighted by Gasteiger charge is 2.20. The maximum atomic E-state index is 13.5. The maximum Gasteiger partial charge on any atom is 0.252 e. The van der Waals surface area contributed by atoms with Gasteiger partial charge in [-0.3, -0.25) is 19.9 Å². The number of hydrogen-bond donors (Lipinski definition) is 3. The lowest BCUT2D eigenvalue weighted by atomic mass is 9.96. The molecular weight excluding hydrogens is 530 g/mol. The molecule has 0 aliphatic carbocycles. The SMILES string of the molecule is CCC(C(=O)N/C(=N/c1nc(CSc2ccc(C)cc2)cc(=O)[nH]1)Nc1cccc2ccccc12)c1ccccc1. The number of rotatable bonds is 8. The summed E-state index contributed by atoms with van der Waals surface area (Å²) in [7, 11) is 0. The van der Waals surface area contributed by atoms with Gasteiger partial charge in [-0.1, -0.05) is 91.3 Å². The molecule has 8 heteroatoms. The van der Waals surface area contributed by atoms with Crippen molar-refractivity contribution < 1.29 is 4.79 Å². The highest BCUT2D eigenvalue weighted by atomic mass is 32.2. The number of aromatic nitrogens is 2. The van der Waals surface area contributed by atoms with Gasteiger partial charge in [0.25, 0.3) is 5.56 Å². The van der Waals surface area contributed by atoms with E-state index in [0.29, 0.717) is 17.9 Å². The van der Waals surface area contributed by atoms with Gasteiger partial charge in [-0.25, -0.2) is 4.98 Å². The number of nitrogens with one attached hydrogen (secondary N) is 3. The molecule has 0 fully saturated rings.